The summed E-state index contributed by atoms with van der Waals surface area (Å²) >= 11 is 0. The molecule has 0 amide bonds. The highest BCUT2D eigenvalue weighted by Crippen LogP contribution is 2.27. The van der Waals surface area contributed by atoms with Crippen molar-refractivity contribution in [3.05, 3.63) is 107 Å². The third kappa shape index (κ3) is 5.28. The molecule has 0 fully saturated rings. The third-order valence-electron chi connectivity index (χ3n) is 4.14. The fourth-order valence-electron chi connectivity index (χ4n) is 2.74. The van der Waals surface area contributed by atoms with Crippen LogP contribution in [0.2, 0.25) is 19.6 Å². The maximum Gasteiger partial charge on any atom is 0.129 e. The number of halogens is 2. The minimum Gasteiger partial charge on any atom is -0.207 e. The molecule has 0 aliphatic carbocycles. The van der Waals surface area contributed by atoms with Crippen molar-refractivity contribution in [1.29, 1.82) is 0 Å². The van der Waals surface area contributed by atoms with Crippen molar-refractivity contribution in [2.24, 2.45) is 0 Å². The van der Waals surface area contributed by atoms with Crippen molar-refractivity contribution in [3.8, 4) is 11.5 Å². The summed E-state index contributed by atoms with van der Waals surface area (Å²) in [4.78, 5) is 0. The van der Waals surface area contributed by atoms with Gasteiger partial charge in [0.25, 0.3) is 0 Å². The van der Waals surface area contributed by atoms with Crippen LogP contribution < -0.4 is 0 Å². The molecule has 3 aromatic rings. The van der Waals surface area contributed by atoms with Crippen LogP contribution in [0.1, 0.15) is 22.3 Å². The first kappa shape index (κ1) is 19.8. The maximum atomic E-state index is 13.4. The van der Waals surface area contributed by atoms with Crippen LogP contribution in [0.3, 0.4) is 0 Å². The Hall–Kier alpha value is -2.96. The van der Waals surface area contributed by atoms with E-state index in [0.717, 1.165) is 27.8 Å². The Morgan fingerprint density at radius 1 is 0.750 bits per heavy atom. The van der Waals surface area contributed by atoms with Crippen LogP contribution in [0.5, 0.6) is 0 Å². The van der Waals surface area contributed by atoms with Crippen LogP contribution in [0, 0.1) is 23.1 Å². The average molecular weight is 389 g/mol. The lowest BCUT2D eigenvalue weighted by Crippen LogP contribution is -2.16. The summed E-state index contributed by atoms with van der Waals surface area (Å²) in [5.41, 5.74) is 7.96. The molecule has 0 radical (unpaired) electrons. The Labute approximate surface area is 166 Å². The molecular formula is C25H22F2Si. The van der Waals surface area contributed by atoms with E-state index in [-0.39, 0.29) is 11.6 Å². The lowest BCUT2D eigenvalue weighted by Gasteiger charge is -2.10. The van der Waals surface area contributed by atoms with Gasteiger partial charge in [0.05, 0.1) is 0 Å². The molecule has 0 N–H and O–H groups in total. The normalized spacial score (nSPS) is 10.8. The van der Waals surface area contributed by atoms with E-state index in [0.29, 0.717) is 0 Å². The Kier molecular flexibility index (Phi) is 5.92. The van der Waals surface area contributed by atoms with Gasteiger partial charge in [0, 0.05) is 5.56 Å². The van der Waals surface area contributed by atoms with E-state index in [9.17, 15) is 8.78 Å². The van der Waals surface area contributed by atoms with Crippen molar-refractivity contribution in [1.82, 2.24) is 0 Å². The van der Waals surface area contributed by atoms with E-state index in [1.165, 1.54) is 24.3 Å². The lowest BCUT2D eigenvalue weighted by atomic mass is 9.94. The molecule has 0 atom stereocenters. The van der Waals surface area contributed by atoms with E-state index in [4.69, 9.17) is 0 Å². The smallest absolute Gasteiger partial charge is 0.129 e. The molecule has 0 aliphatic rings. The molecule has 0 aromatic heterocycles. The van der Waals surface area contributed by atoms with Gasteiger partial charge in [-0.2, -0.15) is 0 Å². The van der Waals surface area contributed by atoms with E-state index in [1.54, 1.807) is 24.3 Å². The van der Waals surface area contributed by atoms with Gasteiger partial charge in [-0.15, -0.1) is 5.54 Å². The molecule has 0 bridgehead atoms. The predicted molar refractivity (Wildman–Crippen MR) is 116 cm³/mol. The molecule has 0 saturated carbocycles. The van der Waals surface area contributed by atoms with Crippen molar-refractivity contribution < 1.29 is 8.78 Å². The van der Waals surface area contributed by atoms with Crippen LogP contribution in [0.15, 0.2) is 72.8 Å². The van der Waals surface area contributed by atoms with E-state index in [1.807, 2.05) is 30.3 Å². The van der Waals surface area contributed by atoms with Gasteiger partial charge in [0.15, 0.2) is 0 Å². The van der Waals surface area contributed by atoms with Crippen LogP contribution in [0.25, 0.3) is 11.6 Å². The van der Waals surface area contributed by atoms with Crippen molar-refractivity contribution in [2.45, 2.75) is 19.6 Å². The highest BCUT2D eigenvalue weighted by molar-refractivity contribution is 6.83. The van der Waals surface area contributed by atoms with Crippen LogP contribution in [0.4, 0.5) is 8.78 Å². The summed E-state index contributed by atoms with van der Waals surface area (Å²) in [7, 11) is -1.51. The zero-order chi connectivity index (χ0) is 20.1. The van der Waals surface area contributed by atoms with Crippen LogP contribution in [-0.2, 0) is 0 Å². The zero-order valence-corrected chi connectivity index (χ0v) is 17.3. The average Bonchev–Trinajstić information content (AvgIpc) is 2.66. The highest BCUT2D eigenvalue weighted by Gasteiger charge is 2.10. The van der Waals surface area contributed by atoms with E-state index < -0.39 is 8.07 Å². The first-order valence-electron chi connectivity index (χ1n) is 9.18. The monoisotopic (exact) mass is 388 g/mol. The van der Waals surface area contributed by atoms with Gasteiger partial charge in [-0.1, -0.05) is 68.0 Å². The van der Waals surface area contributed by atoms with Crippen LogP contribution >= 0.6 is 0 Å². The van der Waals surface area contributed by atoms with Gasteiger partial charge in [0.2, 0.25) is 0 Å². The molecule has 0 spiro atoms. The largest absolute Gasteiger partial charge is 0.207 e. The van der Waals surface area contributed by atoms with Crippen molar-refractivity contribution in [2.75, 3.05) is 0 Å². The summed E-state index contributed by atoms with van der Waals surface area (Å²) in [6.45, 7) is 6.63. The molecule has 3 aromatic carbocycles. The minimum absolute atomic E-state index is 0.288. The molecule has 3 heteroatoms. The Morgan fingerprint density at radius 2 is 1.25 bits per heavy atom. The molecule has 0 aliphatic heterocycles. The molecule has 140 valence electrons. The number of hydrogen-bond donors (Lipinski definition) is 0. The van der Waals surface area contributed by atoms with E-state index in [2.05, 4.69) is 31.1 Å². The number of hydrogen-bond acceptors (Lipinski definition) is 0. The topological polar surface area (TPSA) is 0 Å². The first-order chi connectivity index (χ1) is 13.3. The Bertz CT molecular complexity index is 997. The third-order valence-corrected chi connectivity index (χ3v) is 5.02. The summed E-state index contributed by atoms with van der Waals surface area (Å²) in [5.74, 6) is 2.75. The molecule has 3 rings (SSSR count). The Morgan fingerprint density at radius 3 is 1.75 bits per heavy atom. The molecular weight excluding hydrogens is 366 g/mol. The second-order valence-electron chi connectivity index (χ2n) is 7.66. The quantitative estimate of drug-likeness (QED) is 0.263. The van der Waals surface area contributed by atoms with Gasteiger partial charge < -0.3 is 0 Å². The van der Waals surface area contributed by atoms with Gasteiger partial charge >= 0.3 is 0 Å². The molecule has 28 heavy (non-hydrogen) atoms. The van der Waals surface area contributed by atoms with Gasteiger partial charge in [-0.3, -0.25) is 0 Å². The second kappa shape index (κ2) is 8.37. The van der Waals surface area contributed by atoms with Gasteiger partial charge in [0.1, 0.15) is 19.7 Å². The molecule has 0 heterocycles. The second-order valence-corrected chi connectivity index (χ2v) is 12.4. The summed E-state index contributed by atoms with van der Waals surface area (Å²) < 4.78 is 26.9. The van der Waals surface area contributed by atoms with Gasteiger partial charge in [-0.25, -0.2) is 8.78 Å². The minimum atomic E-state index is -1.51. The standard InChI is InChI=1S/C25H22F2Si/c1-28(2,3)17-16-19-6-4-5-7-22(19)18-25(20-8-12-23(26)13-9-20)21-10-14-24(27)15-11-21/h4-15,18H,1-3H3. The molecule has 0 nitrogen and oxygen atoms in total. The summed E-state index contributed by atoms with van der Waals surface area (Å²) in [6, 6.07) is 20.6. The molecule has 0 unspecified atom stereocenters. The molecule has 0 saturated heterocycles. The number of rotatable bonds is 3. The van der Waals surface area contributed by atoms with Crippen LogP contribution in [-0.4, -0.2) is 8.07 Å². The van der Waals surface area contributed by atoms with Gasteiger partial charge in [-0.05, 0) is 58.7 Å². The first-order valence-corrected chi connectivity index (χ1v) is 12.7. The lowest BCUT2D eigenvalue weighted by molar-refractivity contribution is 0.627. The van der Waals surface area contributed by atoms with Crippen molar-refractivity contribution in [3.63, 3.8) is 0 Å². The fourth-order valence-corrected chi connectivity index (χ4v) is 3.25. The highest BCUT2D eigenvalue weighted by atomic mass is 28.3. The fraction of sp³-hybridized carbons (Fsp3) is 0.120. The number of benzene rings is 3. The SMILES string of the molecule is C[Si](C)(C)C#Cc1ccccc1C=C(c1ccc(F)cc1)c1ccc(F)cc1. The summed E-state index contributed by atoms with van der Waals surface area (Å²) in [5, 5.41) is 0. The zero-order valence-electron chi connectivity index (χ0n) is 16.3. The summed E-state index contributed by atoms with van der Waals surface area (Å²) in [6.07, 6.45) is 2.04. The van der Waals surface area contributed by atoms with E-state index >= 15 is 0 Å². The Balaban J connectivity index is 2.16. The maximum absolute atomic E-state index is 13.4. The predicted octanol–water partition coefficient (Wildman–Crippen LogP) is 6.78. The van der Waals surface area contributed by atoms with Crippen molar-refractivity contribution >= 4 is 19.7 Å².